The number of hydrogen-bond acceptors (Lipinski definition) is 1. The van der Waals surface area contributed by atoms with Gasteiger partial charge in [-0.3, -0.25) is 0 Å². The fraction of sp³-hybridized carbons (Fsp3) is 0.500. The lowest BCUT2D eigenvalue weighted by atomic mass is 9.85. The smallest absolute Gasteiger partial charge is 0.0360 e. The van der Waals surface area contributed by atoms with Gasteiger partial charge in [0.15, 0.2) is 0 Å². The van der Waals surface area contributed by atoms with Crippen molar-refractivity contribution >= 4 is 0 Å². The predicted molar refractivity (Wildman–Crippen MR) is 54.2 cm³/mol. The van der Waals surface area contributed by atoms with E-state index in [1.807, 2.05) is 0 Å². The maximum atomic E-state index is 3.35. The highest BCUT2D eigenvalue weighted by molar-refractivity contribution is 5.49. The molecule has 0 aromatic carbocycles. The molecule has 13 heavy (non-hydrogen) atoms. The van der Waals surface area contributed by atoms with Crippen LogP contribution < -0.4 is 5.32 Å². The van der Waals surface area contributed by atoms with E-state index in [-0.39, 0.29) is 0 Å². The van der Waals surface area contributed by atoms with Crippen molar-refractivity contribution in [3.63, 3.8) is 0 Å². The average Bonchev–Trinajstić information content (AvgIpc) is 2.44. The third kappa shape index (κ3) is 1.06. The molecular weight excluding hydrogens is 158 g/mol. The van der Waals surface area contributed by atoms with Crippen LogP contribution in [0.5, 0.6) is 0 Å². The van der Waals surface area contributed by atoms with Crippen molar-refractivity contribution < 1.29 is 0 Å². The summed E-state index contributed by atoms with van der Waals surface area (Å²) in [6.07, 6.45) is 12.1. The van der Waals surface area contributed by atoms with Crippen LogP contribution in [0.3, 0.4) is 0 Å². The molecule has 1 heteroatoms. The van der Waals surface area contributed by atoms with Crippen molar-refractivity contribution in [1.29, 1.82) is 0 Å². The van der Waals surface area contributed by atoms with E-state index < -0.39 is 0 Å². The summed E-state index contributed by atoms with van der Waals surface area (Å²) in [6, 6.07) is 0. The highest BCUT2D eigenvalue weighted by atomic mass is 14.8. The summed E-state index contributed by atoms with van der Waals surface area (Å²) in [4.78, 5) is 0. The molecule has 0 saturated heterocycles. The van der Waals surface area contributed by atoms with Crippen LogP contribution in [0.1, 0.15) is 25.7 Å². The molecule has 0 aromatic rings. The normalized spacial score (nSPS) is 30.8. The Hall–Kier alpha value is -0.980. The maximum absolute atomic E-state index is 3.35. The lowest BCUT2D eigenvalue weighted by Gasteiger charge is -2.20. The molecule has 0 saturated carbocycles. The van der Waals surface area contributed by atoms with Crippen LogP contribution in [0.25, 0.3) is 0 Å². The Bertz CT molecular complexity index is 320. The first-order chi connectivity index (χ1) is 6.45. The quantitative estimate of drug-likeness (QED) is 0.593. The lowest BCUT2D eigenvalue weighted by molar-refractivity contribution is 0.551. The van der Waals surface area contributed by atoms with Gasteiger partial charge in [-0.1, -0.05) is 6.08 Å². The van der Waals surface area contributed by atoms with Gasteiger partial charge in [-0.05, 0) is 60.6 Å². The average molecular weight is 173 g/mol. The molecule has 1 atom stereocenters. The Morgan fingerprint density at radius 2 is 2.31 bits per heavy atom. The van der Waals surface area contributed by atoms with Gasteiger partial charge < -0.3 is 5.32 Å². The second-order valence-corrected chi connectivity index (χ2v) is 4.20. The largest absolute Gasteiger partial charge is 0.387 e. The molecule has 3 aliphatic rings. The SMILES string of the molecule is C1=CC2=CCCC3CCC(=C23)CN1. The molecule has 1 nitrogen and oxygen atoms in total. The summed E-state index contributed by atoms with van der Waals surface area (Å²) in [5, 5.41) is 3.35. The zero-order chi connectivity index (χ0) is 8.67. The number of nitrogens with one attached hydrogen (secondary N) is 1. The van der Waals surface area contributed by atoms with Crippen molar-refractivity contribution in [3.05, 3.63) is 35.1 Å². The van der Waals surface area contributed by atoms with Crippen LogP contribution in [0, 0.1) is 5.92 Å². The molecule has 1 aliphatic heterocycles. The van der Waals surface area contributed by atoms with Gasteiger partial charge in [0, 0.05) is 6.54 Å². The van der Waals surface area contributed by atoms with Gasteiger partial charge >= 0.3 is 0 Å². The Kier molecular flexibility index (Phi) is 1.58. The molecule has 0 radical (unpaired) electrons. The molecule has 0 spiro atoms. The number of allylic oxidation sites excluding steroid dienone is 4. The first-order valence-corrected chi connectivity index (χ1v) is 5.27. The topological polar surface area (TPSA) is 12.0 Å². The Balaban J connectivity index is 2.11. The van der Waals surface area contributed by atoms with Crippen LogP contribution in [0.4, 0.5) is 0 Å². The Morgan fingerprint density at radius 3 is 3.31 bits per heavy atom. The van der Waals surface area contributed by atoms with Gasteiger partial charge in [-0.25, -0.2) is 0 Å². The van der Waals surface area contributed by atoms with Gasteiger partial charge in [-0.2, -0.15) is 0 Å². The lowest BCUT2D eigenvalue weighted by Crippen LogP contribution is -2.08. The summed E-state index contributed by atoms with van der Waals surface area (Å²) in [5.74, 6) is 0.888. The minimum Gasteiger partial charge on any atom is -0.387 e. The Labute approximate surface area is 79.2 Å². The Morgan fingerprint density at radius 1 is 1.31 bits per heavy atom. The van der Waals surface area contributed by atoms with E-state index in [2.05, 4.69) is 23.7 Å². The van der Waals surface area contributed by atoms with Gasteiger partial charge in [0.1, 0.15) is 0 Å². The molecule has 1 N–H and O–H groups in total. The van der Waals surface area contributed by atoms with Gasteiger partial charge in [-0.15, -0.1) is 0 Å². The molecule has 1 unspecified atom stereocenters. The van der Waals surface area contributed by atoms with Gasteiger partial charge in [0.25, 0.3) is 0 Å². The molecule has 0 aromatic heterocycles. The molecule has 0 fully saturated rings. The minimum absolute atomic E-state index is 0.888. The van der Waals surface area contributed by atoms with E-state index >= 15 is 0 Å². The van der Waals surface area contributed by atoms with Gasteiger partial charge in [0.2, 0.25) is 0 Å². The number of hydrogen-bond donors (Lipinski definition) is 1. The van der Waals surface area contributed by atoms with Crippen molar-refractivity contribution in [3.8, 4) is 0 Å². The highest BCUT2D eigenvalue weighted by Gasteiger charge is 2.29. The number of rotatable bonds is 0. The summed E-state index contributed by atoms with van der Waals surface area (Å²) in [5.41, 5.74) is 4.86. The maximum Gasteiger partial charge on any atom is 0.0360 e. The first-order valence-electron chi connectivity index (χ1n) is 5.27. The summed E-state index contributed by atoms with van der Waals surface area (Å²) in [6.45, 7) is 1.08. The molecule has 2 aliphatic carbocycles. The molecule has 3 rings (SSSR count). The van der Waals surface area contributed by atoms with Crippen LogP contribution in [-0.4, -0.2) is 6.54 Å². The van der Waals surface area contributed by atoms with E-state index in [0.717, 1.165) is 12.5 Å². The van der Waals surface area contributed by atoms with E-state index in [0.29, 0.717) is 0 Å². The standard InChI is InChI=1S/C12H15N/c1-2-9-4-5-11-8-13-7-6-10(3-1)12(9)11/h3,6-7,9,13H,1-2,4-5,8H2. The fourth-order valence-electron chi connectivity index (χ4n) is 2.87. The van der Waals surface area contributed by atoms with Crippen molar-refractivity contribution in [1.82, 2.24) is 5.32 Å². The van der Waals surface area contributed by atoms with E-state index in [4.69, 9.17) is 0 Å². The highest BCUT2D eigenvalue weighted by Crippen LogP contribution is 2.43. The first kappa shape index (κ1) is 7.43. The monoisotopic (exact) mass is 173 g/mol. The zero-order valence-corrected chi connectivity index (χ0v) is 7.84. The second-order valence-electron chi connectivity index (χ2n) is 4.20. The minimum atomic E-state index is 0.888. The van der Waals surface area contributed by atoms with Crippen molar-refractivity contribution in [2.45, 2.75) is 25.7 Å². The van der Waals surface area contributed by atoms with Crippen LogP contribution in [-0.2, 0) is 0 Å². The molecule has 68 valence electrons. The van der Waals surface area contributed by atoms with Crippen LogP contribution in [0.15, 0.2) is 35.1 Å². The van der Waals surface area contributed by atoms with E-state index in [1.54, 1.807) is 11.1 Å². The van der Waals surface area contributed by atoms with Crippen molar-refractivity contribution in [2.24, 2.45) is 5.92 Å². The van der Waals surface area contributed by atoms with Gasteiger partial charge in [0.05, 0.1) is 0 Å². The summed E-state index contributed by atoms with van der Waals surface area (Å²) >= 11 is 0. The third-order valence-corrected chi connectivity index (χ3v) is 3.47. The van der Waals surface area contributed by atoms with Crippen LogP contribution >= 0.6 is 0 Å². The summed E-state index contributed by atoms with van der Waals surface area (Å²) < 4.78 is 0. The van der Waals surface area contributed by atoms with E-state index in [9.17, 15) is 0 Å². The second kappa shape index (κ2) is 2.76. The fourth-order valence-corrected chi connectivity index (χ4v) is 2.87. The molecule has 0 bridgehead atoms. The third-order valence-electron chi connectivity index (χ3n) is 3.47. The zero-order valence-electron chi connectivity index (χ0n) is 7.84. The molecule has 0 amide bonds. The van der Waals surface area contributed by atoms with Crippen molar-refractivity contribution in [2.75, 3.05) is 6.54 Å². The molecular formula is C12H15N. The summed E-state index contributed by atoms with van der Waals surface area (Å²) in [7, 11) is 0. The van der Waals surface area contributed by atoms with Crippen LogP contribution in [0.2, 0.25) is 0 Å². The molecule has 1 heterocycles. The van der Waals surface area contributed by atoms with E-state index in [1.165, 1.54) is 31.3 Å². The predicted octanol–water partition coefficient (Wildman–Crippen LogP) is 2.53.